The van der Waals surface area contributed by atoms with E-state index in [0.717, 1.165) is 21.9 Å². The summed E-state index contributed by atoms with van der Waals surface area (Å²) in [4.78, 5) is 14.8. The molecule has 50 heavy (non-hydrogen) atoms. The van der Waals surface area contributed by atoms with Gasteiger partial charge in [0.2, 0.25) is 0 Å². The third-order valence-electron chi connectivity index (χ3n) is 8.92. The van der Waals surface area contributed by atoms with Gasteiger partial charge in [-0.1, -0.05) is 133 Å². The third-order valence-corrected chi connectivity index (χ3v) is 8.92. The molecule has 7 aromatic carbocycles. The molecule has 0 saturated carbocycles. The van der Waals surface area contributed by atoms with Crippen LogP contribution >= 0.6 is 0 Å². The quantitative estimate of drug-likeness (QED) is 0.186. The predicted molar refractivity (Wildman–Crippen MR) is 203 cm³/mol. The molecule has 0 amide bonds. The number of nitrogens with zero attached hydrogens (tertiary/aromatic N) is 4. The molecule has 0 spiro atoms. The minimum atomic E-state index is -0.509. The Morgan fingerprint density at radius 3 is 1.68 bits per heavy atom. The van der Waals surface area contributed by atoms with Gasteiger partial charge in [0.15, 0.2) is 17.5 Å². The van der Waals surface area contributed by atoms with Crippen molar-refractivity contribution in [3.63, 3.8) is 0 Å². The largest absolute Gasteiger partial charge is 0.455 e. The number of furan rings is 1. The maximum Gasteiger partial charge on any atom is 0.164 e. The molecule has 0 aliphatic heterocycles. The number of aromatic nitrogens is 4. The normalized spacial score (nSPS) is 13.8. The number of rotatable bonds is 5. The van der Waals surface area contributed by atoms with Crippen LogP contribution in [0.3, 0.4) is 0 Å². The van der Waals surface area contributed by atoms with Crippen LogP contribution in [0, 0.1) is 0 Å². The van der Waals surface area contributed by atoms with E-state index in [1.54, 1.807) is 12.1 Å². The maximum atomic E-state index is 9.19. The summed E-state index contributed by atoms with van der Waals surface area (Å²) in [5.41, 5.74) is 4.96. The van der Waals surface area contributed by atoms with Crippen LogP contribution in [-0.4, -0.2) is 19.5 Å². The van der Waals surface area contributed by atoms with Crippen molar-refractivity contribution in [1.29, 1.82) is 0 Å². The molecule has 10 rings (SSSR count). The van der Waals surface area contributed by atoms with Crippen molar-refractivity contribution < 1.29 is 15.4 Å². The first-order valence-corrected chi connectivity index (χ1v) is 16.1. The zero-order valence-corrected chi connectivity index (χ0v) is 26.2. The van der Waals surface area contributed by atoms with Crippen molar-refractivity contribution >= 4 is 43.7 Å². The topological polar surface area (TPSA) is 56.7 Å². The Morgan fingerprint density at radius 1 is 0.460 bits per heavy atom. The van der Waals surface area contributed by atoms with Crippen molar-refractivity contribution in [2.45, 2.75) is 0 Å². The molecule has 0 atom stereocenters. The molecular formula is C45H28N4O. The van der Waals surface area contributed by atoms with Crippen LogP contribution in [0.15, 0.2) is 174 Å². The predicted octanol–water partition coefficient (Wildman–Crippen LogP) is 11.5. The van der Waals surface area contributed by atoms with Crippen LogP contribution < -0.4 is 0 Å². The van der Waals surface area contributed by atoms with Gasteiger partial charge in [-0.15, -0.1) is 0 Å². The van der Waals surface area contributed by atoms with Crippen molar-refractivity contribution in [2.75, 3.05) is 0 Å². The standard InChI is InChI=1S/C45H28N4O/c1-3-14-29(15-4-1)43-46-44(30-16-5-2-6-17-30)48-45(47-43)31-26-27-40(49-38-23-10-7-18-32(38)33-19-8-11-24-39(33)49)37(28-31)36-22-13-21-35-34-20-9-12-25-41(34)50-42(35)36/h1-28H/i7D,8D,10D,11D,18D,19D,23D,24D. The summed E-state index contributed by atoms with van der Waals surface area (Å²) in [6.45, 7) is 0. The smallest absolute Gasteiger partial charge is 0.164 e. The first-order chi connectivity index (χ1) is 28.1. The average molecular weight is 649 g/mol. The Labute approximate surface area is 299 Å². The number of fused-ring (bicyclic) bond motifs is 6. The second-order valence-corrected chi connectivity index (χ2v) is 11.8. The molecule has 0 aliphatic rings. The summed E-state index contributed by atoms with van der Waals surface area (Å²) in [6.07, 6.45) is 0. The lowest BCUT2D eigenvalue weighted by atomic mass is 9.98. The molecule has 5 nitrogen and oxygen atoms in total. The lowest BCUT2D eigenvalue weighted by Crippen LogP contribution is -2.02. The number of para-hydroxylation sites is 4. The van der Waals surface area contributed by atoms with Gasteiger partial charge < -0.3 is 8.98 Å². The molecule has 0 aliphatic carbocycles. The molecule has 0 bridgehead atoms. The fourth-order valence-corrected chi connectivity index (χ4v) is 6.64. The first-order valence-electron chi connectivity index (χ1n) is 20.1. The van der Waals surface area contributed by atoms with Crippen LogP contribution in [-0.2, 0) is 0 Å². The minimum absolute atomic E-state index is 0.0108. The van der Waals surface area contributed by atoms with E-state index < -0.39 is 48.3 Å². The van der Waals surface area contributed by atoms with Gasteiger partial charge in [0.05, 0.1) is 27.7 Å². The van der Waals surface area contributed by atoms with E-state index in [1.165, 1.54) is 4.57 Å². The number of hydrogen-bond donors (Lipinski definition) is 0. The molecule has 0 radical (unpaired) electrons. The molecule has 3 aromatic heterocycles. The molecule has 0 fully saturated rings. The first kappa shape index (κ1) is 21.2. The third kappa shape index (κ3) is 4.52. The van der Waals surface area contributed by atoms with Crippen LogP contribution in [0.5, 0.6) is 0 Å². The van der Waals surface area contributed by atoms with Crippen molar-refractivity contribution in [3.8, 4) is 51.0 Å². The fraction of sp³-hybridized carbons (Fsp3) is 0. The minimum Gasteiger partial charge on any atom is -0.455 e. The van der Waals surface area contributed by atoms with Crippen LogP contribution in [0.1, 0.15) is 11.0 Å². The van der Waals surface area contributed by atoms with Gasteiger partial charge in [0.1, 0.15) is 11.2 Å². The second kappa shape index (κ2) is 11.4. The maximum absolute atomic E-state index is 9.19. The number of hydrogen-bond acceptors (Lipinski definition) is 4. The molecule has 5 heteroatoms. The van der Waals surface area contributed by atoms with Gasteiger partial charge in [-0.25, -0.2) is 15.0 Å². The van der Waals surface area contributed by atoms with Crippen molar-refractivity contribution in [3.05, 3.63) is 170 Å². The van der Waals surface area contributed by atoms with Gasteiger partial charge in [0, 0.05) is 49.4 Å². The zero-order valence-electron chi connectivity index (χ0n) is 34.2. The van der Waals surface area contributed by atoms with E-state index in [9.17, 15) is 2.74 Å². The van der Waals surface area contributed by atoms with Gasteiger partial charge in [-0.2, -0.15) is 0 Å². The summed E-state index contributed by atoms with van der Waals surface area (Å²) in [5.74, 6) is 1.29. The van der Waals surface area contributed by atoms with Crippen LogP contribution in [0.4, 0.5) is 0 Å². The molecule has 3 heterocycles. The van der Waals surface area contributed by atoms with Gasteiger partial charge in [-0.05, 0) is 36.4 Å². The second-order valence-electron chi connectivity index (χ2n) is 11.8. The van der Waals surface area contributed by atoms with E-state index in [2.05, 4.69) is 0 Å². The molecular weight excluding hydrogens is 613 g/mol. The summed E-state index contributed by atoms with van der Waals surface area (Å²) < 4.78 is 78.9. The van der Waals surface area contributed by atoms with Crippen LogP contribution in [0.2, 0.25) is 0 Å². The molecule has 0 saturated heterocycles. The summed E-state index contributed by atoms with van der Waals surface area (Å²) in [5, 5.41) is 1.72. The summed E-state index contributed by atoms with van der Waals surface area (Å²) >= 11 is 0. The number of benzene rings is 7. The Bertz CT molecular complexity index is 3200. The molecule has 0 N–H and O–H groups in total. The highest BCUT2D eigenvalue weighted by Gasteiger charge is 2.21. The highest BCUT2D eigenvalue weighted by Crippen LogP contribution is 2.42. The van der Waals surface area contributed by atoms with Crippen molar-refractivity contribution in [1.82, 2.24) is 19.5 Å². The van der Waals surface area contributed by atoms with Gasteiger partial charge >= 0.3 is 0 Å². The Balaban J connectivity index is 1.35. The monoisotopic (exact) mass is 648 g/mol. The van der Waals surface area contributed by atoms with E-state index >= 15 is 0 Å². The van der Waals surface area contributed by atoms with Crippen molar-refractivity contribution in [2.24, 2.45) is 0 Å². The van der Waals surface area contributed by atoms with E-state index in [4.69, 9.17) is 27.6 Å². The van der Waals surface area contributed by atoms with Crippen LogP contribution in [0.25, 0.3) is 94.7 Å². The van der Waals surface area contributed by atoms with E-state index in [-0.39, 0.29) is 21.8 Å². The Hall–Kier alpha value is -6.85. The van der Waals surface area contributed by atoms with E-state index in [0.29, 0.717) is 51.0 Å². The molecule has 0 unspecified atom stereocenters. The Kier molecular flexibility index (Phi) is 4.83. The molecule has 10 aromatic rings. The highest BCUT2D eigenvalue weighted by molar-refractivity contribution is 6.12. The van der Waals surface area contributed by atoms with E-state index in [1.807, 2.05) is 109 Å². The average Bonchev–Trinajstić information content (AvgIpc) is 3.83. The lowest BCUT2D eigenvalue weighted by Gasteiger charge is -2.16. The fourth-order valence-electron chi connectivity index (χ4n) is 6.64. The zero-order chi connectivity index (χ0) is 40.0. The lowest BCUT2D eigenvalue weighted by molar-refractivity contribution is 0.670. The summed E-state index contributed by atoms with van der Waals surface area (Å²) in [6, 6.07) is 34.5. The molecule has 234 valence electrons. The SMILES string of the molecule is [2H]c1c([2H])c([2H])c2c(c1[2H])c1c([2H])c([2H])c([2H])c([2H])c1n2-c1ccc(-c2nc(-c3ccccc3)nc(-c3ccccc3)n2)cc1-c1cccc2c1oc1ccccc12. The summed E-state index contributed by atoms with van der Waals surface area (Å²) in [7, 11) is 0. The highest BCUT2D eigenvalue weighted by atomic mass is 16.3. The van der Waals surface area contributed by atoms with Gasteiger partial charge in [-0.3, -0.25) is 0 Å². The van der Waals surface area contributed by atoms with Gasteiger partial charge in [0.25, 0.3) is 0 Å². The Morgan fingerprint density at radius 2 is 1.02 bits per heavy atom.